The molecule has 0 spiro atoms. The predicted octanol–water partition coefficient (Wildman–Crippen LogP) is 3.94. The Hall–Kier alpha value is -0.570. The minimum atomic E-state index is 0.284. The second kappa shape index (κ2) is 5.91. The number of piperazine rings is 1. The van der Waals surface area contributed by atoms with Gasteiger partial charge in [-0.2, -0.15) is 0 Å². The van der Waals surface area contributed by atoms with Gasteiger partial charge in [-0.05, 0) is 43.2 Å². The standard InChI is InChI=1S/C18H27ClN2/c1-13(2)17-10-20-18(3,15-8-9-15)12-21(17)11-14-6-4-5-7-16(14)19/h4-7,13,15,17,20H,8-12H2,1-3H3. The Kier molecular flexibility index (Phi) is 4.31. The summed E-state index contributed by atoms with van der Waals surface area (Å²) in [6.07, 6.45) is 2.77. The van der Waals surface area contributed by atoms with Crippen molar-refractivity contribution in [1.82, 2.24) is 10.2 Å². The van der Waals surface area contributed by atoms with E-state index in [1.807, 2.05) is 12.1 Å². The summed E-state index contributed by atoms with van der Waals surface area (Å²) in [5, 5.41) is 4.74. The quantitative estimate of drug-likeness (QED) is 0.906. The molecule has 1 aliphatic heterocycles. The lowest BCUT2D eigenvalue weighted by molar-refractivity contribution is 0.0462. The Morgan fingerprint density at radius 1 is 1.33 bits per heavy atom. The van der Waals surface area contributed by atoms with E-state index in [0.717, 1.165) is 30.6 Å². The van der Waals surface area contributed by atoms with Crippen molar-refractivity contribution in [3.05, 3.63) is 34.9 Å². The minimum Gasteiger partial charge on any atom is -0.308 e. The smallest absolute Gasteiger partial charge is 0.0451 e. The normalized spacial score (nSPS) is 30.8. The highest BCUT2D eigenvalue weighted by Crippen LogP contribution is 2.42. The van der Waals surface area contributed by atoms with E-state index in [1.165, 1.54) is 18.4 Å². The van der Waals surface area contributed by atoms with Crippen molar-refractivity contribution in [3.63, 3.8) is 0 Å². The van der Waals surface area contributed by atoms with Crippen LogP contribution in [-0.4, -0.2) is 29.6 Å². The molecule has 1 saturated carbocycles. The van der Waals surface area contributed by atoms with Gasteiger partial charge in [0.2, 0.25) is 0 Å². The van der Waals surface area contributed by atoms with Crippen LogP contribution in [0.4, 0.5) is 0 Å². The van der Waals surface area contributed by atoms with Gasteiger partial charge in [-0.3, -0.25) is 4.90 Å². The van der Waals surface area contributed by atoms with Crippen molar-refractivity contribution in [2.75, 3.05) is 13.1 Å². The number of benzene rings is 1. The molecule has 1 saturated heterocycles. The zero-order valence-electron chi connectivity index (χ0n) is 13.4. The van der Waals surface area contributed by atoms with Gasteiger partial charge < -0.3 is 5.32 Å². The zero-order valence-corrected chi connectivity index (χ0v) is 14.2. The molecule has 21 heavy (non-hydrogen) atoms. The average molecular weight is 307 g/mol. The molecule has 0 bridgehead atoms. The van der Waals surface area contributed by atoms with Crippen LogP contribution in [0.3, 0.4) is 0 Å². The van der Waals surface area contributed by atoms with Gasteiger partial charge in [0.15, 0.2) is 0 Å². The fraction of sp³-hybridized carbons (Fsp3) is 0.667. The molecule has 3 heteroatoms. The molecule has 1 N–H and O–H groups in total. The molecule has 1 heterocycles. The molecule has 2 fully saturated rings. The van der Waals surface area contributed by atoms with Crippen molar-refractivity contribution < 1.29 is 0 Å². The molecule has 2 nitrogen and oxygen atoms in total. The fourth-order valence-electron chi connectivity index (χ4n) is 3.73. The van der Waals surface area contributed by atoms with Crippen LogP contribution in [0.5, 0.6) is 0 Å². The van der Waals surface area contributed by atoms with Gasteiger partial charge in [0.1, 0.15) is 0 Å². The first-order valence-electron chi connectivity index (χ1n) is 8.22. The van der Waals surface area contributed by atoms with Crippen LogP contribution in [-0.2, 0) is 6.54 Å². The zero-order chi connectivity index (χ0) is 15.0. The second-order valence-corrected chi connectivity index (χ2v) is 7.79. The van der Waals surface area contributed by atoms with Crippen LogP contribution in [0.15, 0.2) is 24.3 Å². The Morgan fingerprint density at radius 2 is 2.05 bits per heavy atom. The molecule has 3 rings (SSSR count). The largest absolute Gasteiger partial charge is 0.308 e. The topological polar surface area (TPSA) is 15.3 Å². The number of hydrogen-bond donors (Lipinski definition) is 1. The summed E-state index contributed by atoms with van der Waals surface area (Å²) in [5.41, 5.74) is 1.54. The van der Waals surface area contributed by atoms with Crippen molar-refractivity contribution in [3.8, 4) is 0 Å². The fourth-order valence-corrected chi connectivity index (χ4v) is 3.93. The highest BCUT2D eigenvalue weighted by molar-refractivity contribution is 6.31. The summed E-state index contributed by atoms with van der Waals surface area (Å²) in [6.45, 7) is 10.2. The first kappa shape index (κ1) is 15.3. The van der Waals surface area contributed by atoms with Gasteiger partial charge in [-0.1, -0.05) is 43.6 Å². The molecule has 0 radical (unpaired) electrons. The molecule has 116 valence electrons. The van der Waals surface area contributed by atoms with Crippen LogP contribution in [0.1, 0.15) is 39.2 Å². The van der Waals surface area contributed by atoms with E-state index in [4.69, 9.17) is 11.6 Å². The Morgan fingerprint density at radius 3 is 2.67 bits per heavy atom. The van der Waals surface area contributed by atoms with Gasteiger partial charge in [0.05, 0.1) is 0 Å². The molecular weight excluding hydrogens is 280 g/mol. The maximum Gasteiger partial charge on any atom is 0.0451 e. The van der Waals surface area contributed by atoms with E-state index in [-0.39, 0.29) is 5.54 Å². The van der Waals surface area contributed by atoms with Gasteiger partial charge >= 0.3 is 0 Å². The Balaban J connectivity index is 1.79. The lowest BCUT2D eigenvalue weighted by Crippen LogP contribution is -2.64. The Bertz CT molecular complexity index is 498. The van der Waals surface area contributed by atoms with Gasteiger partial charge in [-0.25, -0.2) is 0 Å². The van der Waals surface area contributed by atoms with Crippen LogP contribution < -0.4 is 5.32 Å². The summed E-state index contributed by atoms with van der Waals surface area (Å²) in [5.74, 6) is 1.52. The SMILES string of the molecule is CC(C)C1CNC(C)(C2CC2)CN1Cc1ccccc1Cl. The van der Waals surface area contributed by atoms with Crippen molar-refractivity contribution >= 4 is 11.6 Å². The van der Waals surface area contributed by atoms with Crippen LogP contribution in [0.25, 0.3) is 0 Å². The van der Waals surface area contributed by atoms with Crippen molar-refractivity contribution in [1.29, 1.82) is 0 Å². The summed E-state index contributed by atoms with van der Waals surface area (Å²) in [7, 11) is 0. The molecule has 1 aromatic rings. The predicted molar refractivity (Wildman–Crippen MR) is 89.6 cm³/mol. The summed E-state index contributed by atoms with van der Waals surface area (Å²) in [4.78, 5) is 2.65. The molecular formula is C18H27ClN2. The number of halogens is 1. The first-order valence-corrected chi connectivity index (χ1v) is 8.60. The third kappa shape index (κ3) is 3.28. The van der Waals surface area contributed by atoms with Gasteiger partial charge in [0, 0.05) is 36.2 Å². The second-order valence-electron chi connectivity index (χ2n) is 7.38. The molecule has 2 atom stereocenters. The first-order chi connectivity index (χ1) is 9.99. The van der Waals surface area contributed by atoms with Crippen LogP contribution in [0.2, 0.25) is 5.02 Å². The van der Waals surface area contributed by atoms with Crippen LogP contribution >= 0.6 is 11.6 Å². The molecule has 2 unspecified atom stereocenters. The maximum atomic E-state index is 6.37. The molecule has 0 amide bonds. The van der Waals surface area contributed by atoms with E-state index < -0.39 is 0 Å². The monoisotopic (exact) mass is 306 g/mol. The third-order valence-electron chi connectivity index (χ3n) is 5.29. The lowest BCUT2D eigenvalue weighted by atomic mass is 9.88. The maximum absolute atomic E-state index is 6.37. The number of rotatable bonds is 4. The van der Waals surface area contributed by atoms with Gasteiger partial charge in [0.25, 0.3) is 0 Å². The third-order valence-corrected chi connectivity index (χ3v) is 5.66. The average Bonchev–Trinajstić information content (AvgIpc) is 3.26. The van der Waals surface area contributed by atoms with E-state index in [0.29, 0.717) is 12.0 Å². The minimum absolute atomic E-state index is 0.284. The summed E-state index contributed by atoms with van der Waals surface area (Å²) >= 11 is 6.37. The summed E-state index contributed by atoms with van der Waals surface area (Å²) < 4.78 is 0. The van der Waals surface area contributed by atoms with Gasteiger partial charge in [-0.15, -0.1) is 0 Å². The molecule has 1 aliphatic carbocycles. The van der Waals surface area contributed by atoms with E-state index >= 15 is 0 Å². The van der Waals surface area contributed by atoms with E-state index in [2.05, 4.69) is 43.1 Å². The van der Waals surface area contributed by atoms with Crippen molar-refractivity contribution in [2.24, 2.45) is 11.8 Å². The van der Waals surface area contributed by atoms with E-state index in [1.54, 1.807) is 0 Å². The van der Waals surface area contributed by atoms with E-state index in [9.17, 15) is 0 Å². The molecule has 2 aliphatic rings. The number of nitrogens with one attached hydrogen (secondary N) is 1. The Labute approximate surface area is 133 Å². The highest BCUT2D eigenvalue weighted by Gasteiger charge is 2.46. The van der Waals surface area contributed by atoms with Crippen LogP contribution in [0, 0.1) is 11.8 Å². The number of nitrogens with zero attached hydrogens (tertiary/aromatic N) is 1. The van der Waals surface area contributed by atoms with Crippen molar-refractivity contribution in [2.45, 2.75) is 51.7 Å². The number of hydrogen-bond acceptors (Lipinski definition) is 2. The molecule has 1 aromatic carbocycles. The lowest BCUT2D eigenvalue weighted by Gasteiger charge is -2.48. The highest BCUT2D eigenvalue weighted by atomic mass is 35.5. The molecule has 0 aromatic heterocycles. The summed E-state index contributed by atoms with van der Waals surface area (Å²) in [6, 6.07) is 8.86.